The predicted molar refractivity (Wildman–Crippen MR) is 73.5 cm³/mol. The van der Waals surface area contributed by atoms with Crippen molar-refractivity contribution < 1.29 is 18.0 Å². The Balaban J connectivity index is 2.40. The average Bonchev–Trinajstić information content (AvgIpc) is 2.90. The number of hydrogen-bond donors (Lipinski definition) is 2. The van der Waals surface area contributed by atoms with Gasteiger partial charge in [-0.15, -0.1) is 10.2 Å². The minimum atomic E-state index is -4.55. The van der Waals surface area contributed by atoms with E-state index in [0.29, 0.717) is 0 Å². The van der Waals surface area contributed by atoms with Gasteiger partial charge in [0.2, 0.25) is 5.13 Å². The molecule has 1 aromatic heterocycles. The van der Waals surface area contributed by atoms with Gasteiger partial charge in [0, 0.05) is 6.54 Å². The number of anilines is 2. The van der Waals surface area contributed by atoms with Crippen LogP contribution in [0, 0.1) is 0 Å². The summed E-state index contributed by atoms with van der Waals surface area (Å²) in [6.07, 6.45) is -4.55. The smallest absolute Gasteiger partial charge is 0.384 e. The van der Waals surface area contributed by atoms with E-state index < -0.39 is 17.6 Å². The minimum Gasteiger partial charge on any atom is -0.384 e. The number of carbonyl (C=O) groups is 1. The first-order valence-electron chi connectivity index (χ1n) is 5.95. The van der Waals surface area contributed by atoms with Crippen molar-refractivity contribution in [2.75, 3.05) is 17.2 Å². The number of halogens is 3. The monoisotopic (exact) mass is 316 g/mol. The van der Waals surface area contributed by atoms with E-state index >= 15 is 0 Å². The van der Waals surface area contributed by atoms with Gasteiger partial charge >= 0.3 is 6.18 Å². The Hall–Kier alpha value is -2.16. The summed E-state index contributed by atoms with van der Waals surface area (Å²) in [6.45, 7) is 1.91. The second-order valence-corrected chi connectivity index (χ2v) is 4.79. The highest BCUT2D eigenvalue weighted by Crippen LogP contribution is 2.36. The molecule has 0 aliphatic carbocycles. The summed E-state index contributed by atoms with van der Waals surface area (Å²) in [7, 11) is 0. The molecule has 2 N–H and O–H groups in total. The molecule has 2 rings (SSSR count). The van der Waals surface area contributed by atoms with Crippen molar-refractivity contribution in [3.8, 4) is 0 Å². The van der Waals surface area contributed by atoms with Gasteiger partial charge in [0.1, 0.15) is 5.51 Å². The van der Waals surface area contributed by atoms with Crippen LogP contribution in [0.1, 0.15) is 22.8 Å². The number of benzene rings is 1. The molecule has 0 unspecified atom stereocenters. The van der Waals surface area contributed by atoms with E-state index in [-0.39, 0.29) is 22.9 Å². The molecular weight excluding hydrogens is 305 g/mol. The summed E-state index contributed by atoms with van der Waals surface area (Å²) in [5, 5.41) is 12.4. The molecule has 0 saturated heterocycles. The molecule has 0 atom stereocenters. The molecule has 1 heterocycles. The zero-order chi connectivity index (χ0) is 15.5. The van der Waals surface area contributed by atoms with Crippen LogP contribution in [0.3, 0.4) is 0 Å². The molecule has 1 amide bonds. The molecule has 2 aromatic rings. The Labute approximate surface area is 122 Å². The number of rotatable bonds is 4. The van der Waals surface area contributed by atoms with Crippen LogP contribution in [0.5, 0.6) is 0 Å². The number of amides is 1. The number of para-hydroxylation sites is 1. The molecule has 0 aliphatic rings. The second-order valence-electron chi connectivity index (χ2n) is 3.95. The van der Waals surface area contributed by atoms with Crippen molar-refractivity contribution in [2.24, 2.45) is 0 Å². The van der Waals surface area contributed by atoms with Crippen molar-refractivity contribution in [2.45, 2.75) is 13.1 Å². The van der Waals surface area contributed by atoms with Crippen LogP contribution in [-0.2, 0) is 6.18 Å². The molecular formula is C12H11F3N4OS. The summed E-state index contributed by atoms with van der Waals surface area (Å²) in [5.41, 5.74) is 0.193. The van der Waals surface area contributed by atoms with E-state index in [1.54, 1.807) is 6.92 Å². The van der Waals surface area contributed by atoms with Crippen LogP contribution in [0.4, 0.5) is 24.0 Å². The summed E-state index contributed by atoms with van der Waals surface area (Å²) >= 11 is 1.08. The summed E-state index contributed by atoms with van der Waals surface area (Å²) in [6, 6.07) is 3.45. The Bertz CT molecular complexity index is 628. The highest BCUT2D eigenvalue weighted by Gasteiger charge is 2.35. The van der Waals surface area contributed by atoms with Crippen molar-refractivity contribution >= 4 is 28.1 Å². The normalized spacial score (nSPS) is 11.2. The molecule has 1 aromatic carbocycles. The van der Waals surface area contributed by atoms with Crippen LogP contribution < -0.4 is 10.6 Å². The lowest BCUT2D eigenvalue weighted by molar-refractivity contribution is -0.136. The quantitative estimate of drug-likeness (QED) is 0.909. The molecule has 21 heavy (non-hydrogen) atoms. The zero-order valence-corrected chi connectivity index (χ0v) is 11.7. The van der Waals surface area contributed by atoms with Crippen LogP contribution >= 0.6 is 11.3 Å². The number of carbonyl (C=O) groups excluding carboxylic acids is 1. The van der Waals surface area contributed by atoms with E-state index in [2.05, 4.69) is 20.8 Å². The third-order valence-corrected chi connectivity index (χ3v) is 3.16. The van der Waals surface area contributed by atoms with Crippen molar-refractivity contribution in [1.82, 2.24) is 10.2 Å². The molecule has 0 saturated carbocycles. The largest absolute Gasteiger partial charge is 0.418 e. The first-order valence-corrected chi connectivity index (χ1v) is 6.83. The van der Waals surface area contributed by atoms with Gasteiger partial charge in [-0.25, -0.2) is 0 Å². The fourth-order valence-corrected chi connectivity index (χ4v) is 2.18. The minimum absolute atomic E-state index is 0.0955. The Morgan fingerprint density at radius 1 is 1.38 bits per heavy atom. The lowest BCUT2D eigenvalue weighted by atomic mass is 10.1. The zero-order valence-electron chi connectivity index (χ0n) is 10.9. The molecule has 5 nitrogen and oxygen atoms in total. The lowest BCUT2D eigenvalue weighted by Crippen LogP contribution is -2.18. The van der Waals surface area contributed by atoms with Crippen LogP contribution in [0.15, 0.2) is 23.7 Å². The second kappa shape index (κ2) is 6.08. The van der Waals surface area contributed by atoms with E-state index in [9.17, 15) is 18.0 Å². The third kappa shape index (κ3) is 3.48. The molecule has 112 valence electrons. The highest BCUT2D eigenvalue weighted by molar-refractivity contribution is 7.13. The van der Waals surface area contributed by atoms with Gasteiger partial charge < -0.3 is 5.32 Å². The first kappa shape index (κ1) is 15.2. The standard InChI is InChI=1S/C12H11F3N4OS/c1-2-16-9-7(4-3-5-8(9)12(13,14)15)10(20)18-11-19-17-6-21-11/h3-6,16H,2H2,1H3,(H,18,19,20). The topological polar surface area (TPSA) is 66.9 Å². The van der Waals surface area contributed by atoms with Gasteiger partial charge in [0.25, 0.3) is 5.91 Å². The number of nitrogens with zero attached hydrogens (tertiary/aromatic N) is 2. The third-order valence-electron chi connectivity index (χ3n) is 2.55. The number of nitrogens with one attached hydrogen (secondary N) is 2. The maximum absolute atomic E-state index is 13.0. The van der Waals surface area contributed by atoms with Crippen molar-refractivity contribution in [3.05, 3.63) is 34.8 Å². The van der Waals surface area contributed by atoms with Gasteiger partial charge in [-0.1, -0.05) is 17.4 Å². The molecule has 0 aliphatic heterocycles. The molecule has 0 fully saturated rings. The molecule has 9 heteroatoms. The van der Waals surface area contributed by atoms with E-state index in [1.165, 1.54) is 17.6 Å². The van der Waals surface area contributed by atoms with Crippen LogP contribution in [0.2, 0.25) is 0 Å². The van der Waals surface area contributed by atoms with Crippen LogP contribution in [-0.4, -0.2) is 22.6 Å². The van der Waals surface area contributed by atoms with E-state index in [4.69, 9.17) is 0 Å². The molecule has 0 radical (unpaired) electrons. The van der Waals surface area contributed by atoms with Crippen molar-refractivity contribution in [3.63, 3.8) is 0 Å². The number of aromatic nitrogens is 2. The lowest BCUT2D eigenvalue weighted by Gasteiger charge is -2.17. The predicted octanol–water partition coefficient (Wildman–Crippen LogP) is 3.24. The first-order chi connectivity index (χ1) is 9.93. The van der Waals surface area contributed by atoms with Gasteiger partial charge in [-0.2, -0.15) is 13.2 Å². The summed E-state index contributed by atoms with van der Waals surface area (Å²) in [5.74, 6) is -0.672. The maximum Gasteiger partial charge on any atom is 0.418 e. The summed E-state index contributed by atoms with van der Waals surface area (Å²) in [4.78, 5) is 12.1. The van der Waals surface area contributed by atoms with Gasteiger partial charge in [0.05, 0.1) is 16.8 Å². The van der Waals surface area contributed by atoms with Gasteiger partial charge in [-0.05, 0) is 19.1 Å². The van der Waals surface area contributed by atoms with Gasteiger partial charge in [0.15, 0.2) is 0 Å². The fraction of sp³-hybridized carbons (Fsp3) is 0.250. The molecule has 0 bridgehead atoms. The van der Waals surface area contributed by atoms with E-state index in [0.717, 1.165) is 17.4 Å². The maximum atomic E-state index is 13.0. The van der Waals surface area contributed by atoms with E-state index in [1.807, 2.05) is 0 Å². The highest BCUT2D eigenvalue weighted by atomic mass is 32.1. The van der Waals surface area contributed by atoms with Crippen LogP contribution in [0.25, 0.3) is 0 Å². The number of hydrogen-bond acceptors (Lipinski definition) is 5. The Morgan fingerprint density at radius 2 is 2.14 bits per heavy atom. The number of alkyl halides is 3. The average molecular weight is 316 g/mol. The Kier molecular flexibility index (Phi) is 4.41. The molecule has 0 spiro atoms. The Morgan fingerprint density at radius 3 is 2.71 bits per heavy atom. The summed E-state index contributed by atoms with van der Waals surface area (Å²) < 4.78 is 39.0. The fourth-order valence-electron chi connectivity index (χ4n) is 1.74. The van der Waals surface area contributed by atoms with Crippen molar-refractivity contribution in [1.29, 1.82) is 0 Å². The SMILES string of the molecule is CCNc1c(C(=O)Nc2nncs2)cccc1C(F)(F)F. The van der Waals surface area contributed by atoms with Gasteiger partial charge in [-0.3, -0.25) is 10.1 Å².